The number of aromatic nitrogens is 1. The van der Waals surface area contributed by atoms with E-state index in [1.807, 2.05) is 95.8 Å². The Kier molecular flexibility index (Phi) is 4.82. The number of allylic oxidation sites excluding steroid dienone is 1. The van der Waals surface area contributed by atoms with Gasteiger partial charge in [0.15, 0.2) is 12.4 Å². The molecule has 5 heteroatoms. The molecule has 2 aromatic carbocycles. The summed E-state index contributed by atoms with van der Waals surface area (Å²) < 4.78 is 1.94. The summed E-state index contributed by atoms with van der Waals surface area (Å²) in [4.78, 5) is 0. The molecule has 0 saturated carbocycles. The van der Waals surface area contributed by atoms with Crippen molar-refractivity contribution in [2.45, 2.75) is 17.7 Å². The van der Waals surface area contributed by atoms with Crippen LogP contribution in [-0.2, 0) is 18.4 Å². The Labute approximate surface area is 169 Å². The van der Waals surface area contributed by atoms with E-state index in [2.05, 4.69) is 11.4 Å². The molecule has 0 unspecified atom stereocenters. The van der Waals surface area contributed by atoms with Crippen LogP contribution in [0.2, 0.25) is 0 Å². The molecule has 3 aromatic rings. The van der Waals surface area contributed by atoms with Gasteiger partial charge >= 0.3 is 0 Å². The van der Waals surface area contributed by atoms with Crippen LogP contribution in [0, 0.1) is 11.3 Å². The zero-order valence-corrected chi connectivity index (χ0v) is 15.9. The molecule has 0 spiro atoms. The molecule has 138 valence electrons. The largest absolute Gasteiger partial charge is 0.762 e. The summed E-state index contributed by atoms with van der Waals surface area (Å²) in [5, 5.41) is 25.2. The number of benzene rings is 2. The molecular formula is C23H19N3OS. The van der Waals surface area contributed by atoms with Crippen molar-refractivity contribution in [3.8, 4) is 6.07 Å². The van der Waals surface area contributed by atoms with Crippen molar-refractivity contribution in [1.29, 1.82) is 5.26 Å². The summed E-state index contributed by atoms with van der Waals surface area (Å²) in [6.07, 6.45) is 3.80. The standard InChI is InChI=1S/C23H19N3OS/c24-16-19-20(17-10-4-1-5-11-17)21(26-14-8-3-9-15-26)23(27,25-22(19)28)18-12-6-2-7-13-18/h1-15,20-21,25,27H/t20-,21+,23+/m0/s1. The Hall–Kier alpha value is -3.20. The molecule has 2 N–H and O–H groups in total. The number of rotatable bonds is 3. The van der Waals surface area contributed by atoms with Crippen LogP contribution < -0.4 is 9.88 Å². The van der Waals surface area contributed by atoms with Crippen LogP contribution in [0.15, 0.2) is 102 Å². The highest BCUT2D eigenvalue weighted by atomic mass is 32.1. The fraction of sp³-hybridized carbons (Fsp3) is 0.130. The van der Waals surface area contributed by atoms with Gasteiger partial charge in [-0.15, -0.1) is 0 Å². The van der Waals surface area contributed by atoms with E-state index in [1.54, 1.807) is 0 Å². The van der Waals surface area contributed by atoms with E-state index >= 15 is 0 Å². The number of aliphatic hydroxyl groups is 1. The number of pyridine rings is 1. The van der Waals surface area contributed by atoms with Gasteiger partial charge in [-0.1, -0.05) is 71.8 Å². The van der Waals surface area contributed by atoms with Gasteiger partial charge in [-0.3, -0.25) is 0 Å². The molecule has 28 heavy (non-hydrogen) atoms. The van der Waals surface area contributed by atoms with E-state index in [0.29, 0.717) is 11.1 Å². The highest BCUT2D eigenvalue weighted by molar-refractivity contribution is 7.63. The average Bonchev–Trinajstić information content (AvgIpc) is 2.75. The number of nitriles is 1. The van der Waals surface area contributed by atoms with Crippen LogP contribution in [0.25, 0.3) is 0 Å². The Morgan fingerprint density at radius 2 is 1.50 bits per heavy atom. The molecule has 1 aliphatic rings. The molecule has 4 nitrogen and oxygen atoms in total. The molecule has 0 fully saturated rings. The predicted octanol–water partition coefficient (Wildman–Crippen LogP) is 3.03. The molecule has 0 amide bonds. The summed E-state index contributed by atoms with van der Waals surface area (Å²) >= 11 is 5.52. The lowest BCUT2D eigenvalue weighted by molar-refractivity contribution is -0.743. The predicted molar refractivity (Wildman–Crippen MR) is 108 cm³/mol. The second-order valence-electron chi connectivity index (χ2n) is 6.77. The highest BCUT2D eigenvalue weighted by Crippen LogP contribution is 2.46. The Morgan fingerprint density at radius 1 is 0.929 bits per heavy atom. The molecular weight excluding hydrogens is 366 g/mol. The SMILES string of the molecule is N#CC1=C([S-])N[C@@](O)(c2ccccc2)[C@H]([n+]2ccccc2)[C@H]1c1ccccc1. The Bertz CT molecular complexity index is 1030. The van der Waals surface area contributed by atoms with Gasteiger partial charge in [0.05, 0.1) is 12.0 Å². The zero-order chi connectivity index (χ0) is 19.6. The lowest BCUT2D eigenvalue weighted by atomic mass is 9.75. The molecule has 4 rings (SSSR count). The quantitative estimate of drug-likeness (QED) is 0.537. The summed E-state index contributed by atoms with van der Waals surface area (Å²) in [7, 11) is 0. The monoisotopic (exact) mass is 385 g/mol. The van der Waals surface area contributed by atoms with Crippen molar-refractivity contribution in [3.63, 3.8) is 0 Å². The molecule has 0 saturated heterocycles. The molecule has 0 bridgehead atoms. The van der Waals surface area contributed by atoms with E-state index in [9.17, 15) is 10.4 Å². The smallest absolute Gasteiger partial charge is 0.225 e. The van der Waals surface area contributed by atoms with Gasteiger partial charge in [0.25, 0.3) is 0 Å². The second-order valence-corrected chi connectivity index (χ2v) is 7.18. The van der Waals surface area contributed by atoms with Crippen molar-refractivity contribution in [1.82, 2.24) is 5.32 Å². The minimum Gasteiger partial charge on any atom is -0.762 e. The van der Waals surface area contributed by atoms with E-state index in [4.69, 9.17) is 12.6 Å². The third-order valence-electron chi connectivity index (χ3n) is 5.16. The molecule has 1 aliphatic heterocycles. The Balaban J connectivity index is 2.01. The topological polar surface area (TPSA) is 59.9 Å². The fourth-order valence-electron chi connectivity index (χ4n) is 3.90. The van der Waals surface area contributed by atoms with Crippen molar-refractivity contribution >= 4 is 12.6 Å². The number of nitrogens with zero attached hydrogens (tertiary/aromatic N) is 2. The summed E-state index contributed by atoms with van der Waals surface area (Å²) in [6.45, 7) is 0. The van der Waals surface area contributed by atoms with Gasteiger partial charge in [-0.2, -0.15) is 9.83 Å². The van der Waals surface area contributed by atoms with E-state index in [0.717, 1.165) is 5.56 Å². The molecule has 3 atom stereocenters. The van der Waals surface area contributed by atoms with Gasteiger partial charge in [-0.05, 0) is 5.56 Å². The van der Waals surface area contributed by atoms with Crippen molar-refractivity contribution < 1.29 is 9.67 Å². The fourth-order valence-corrected chi connectivity index (χ4v) is 4.23. The van der Waals surface area contributed by atoms with Gasteiger partial charge in [0.2, 0.25) is 11.8 Å². The Morgan fingerprint density at radius 3 is 2.11 bits per heavy atom. The maximum atomic E-state index is 11.9. The van der Waals surface area contributed by atoms with Crippen molar-refractivity contribution in [2.75, 3.05) is 0 Å². The van der Waals surface area contributed by atoms with Gasteiger partial charge in [0.1, 0.15) is 0 Å². The van der Waals surface area contributed by atoms with Crippen LogP contribution in [0.4, 0.5) is 0 Å². The van der Waals surface area contributed by atoms with Gasteiger partial charge in [0, 0.05) is 23.3 Å². The number of hydrogen-bond donors (Lipinski definition) is 2. The lowest BCUT2D eigenvalue weighted by Crippen LogP contribution is -2.62. The molecule has 0 aliphatic carbocycles. The first-order valence-corrected chi connectivity index (χ1v) is 9.44. The normalized spacial score (nSPS) is 24.3. The third-order valence-corrected chi connectivity index (χ3v) is 5.48. The first-order chi connectivity index (χ1) is 13.6. The van der Waals surface area contributed by atoms with Crippen LogP contribution in [0.1, 0.15) is 23.1 Å². The first kappa shape index (κ1) is 18.2. The first-order valence-electron chi connectivity index (χ1n) is 9.03. The van der Waals surface area contributed by atoms with Gasteiger partial charge < -0.3 is 23.1 Å². The maximum Gasteiger partial charge on any atom is 0.225 e. The number of hydrogen-bond acceptors (Lipinski definition) is 4. The van der Waals surface area contributed by atoms with E-state index < -0.39 is 17.7 Å². The van der Waals surface area contributed by atoms with Crippen LogP contribution in [0.3, 0.4) is 0 Å². The highest BCUT2D eigenvalue weighted by Gasteiger charge is 2.53. The van der Waals surface area contributed by atoms with Gasteiger partial charge in [-0.25, -0.2) is 0 Å². The second kappa shape index (κ2) is 7.43. The molecule has 2 heterocycles. The van der Waals surface area contributed by atoms with Crippen LogP contribution in [-0.4, -0.2) is 5.11 Å². The van der Waals surface area contributed by atoms with Crippen molar-refractivity contribution in [2.24, 2.45) is 0 Å². The summed E-state index contributed by atoms with van der Waals surface area (Å²) in [6, 6.07) is 26.6. The van der Waals surface area contributed by atoms with Crippen LogP contribution in [0.5, 0.6) is 0 Å². The minimum atomic E-state index is -1.48. The van der Waals surface area contributed by atoms with Crippen molar-refractivity contribution in [3.05, 3.63) is 113 Å². The van der Waals surface area contributed by atoms with Crippen LogP contribution >= 0.6 is 0 Å². The summed E-state index contributed by atoms with van der Waals surface area (Å²) in [5.74, 6) is -0.405. The summed E-state index contributed by atoms with van der Waals surface area (Å²) in [5.41, 5.74) is 0.587. The lowest BCUT2D eigenvalue weighted by Gasteiger charge is -2.45. The number of nitrogens with one attached hydrogen (secondary N) is 1. The third kappa shape index (κ3) is 3.03. The van der Waals surface area contributed by atoms with E-state index in [1.165, 1.54) is 0 Å². The maximum absolute atomic E-state index is 11.9. The van der Waals surface area contributed by atoms with E-state index in [-0.39, 0.29) is 5.03 Å². The molecule has 0 radical (unpaired) electrons. The molecule has 1 aromatic heterocycles. The minimum absolute atomic E-state index is 0.274. The average molecular weight is 385 g/mol. The zero-order valence-electron chi connectivity index (χ0n) is 15.1.